The third-order valence-electron chi connectivity index (χ3n) is 5.13. The molecule has 5 atom stereocenters. The molecule has 0 radical (unpaired) electrons. The first-order valence-electron chi connectivity index (χ1n) is 11.0. The second-order valence-corrected chi connectivity index (χ2v) is 8.60. The zero-order valence-electron chi connectivity index (χ0n) is 19.9. The van der Waals surface area contributed by atoms with E-state index >= 15 is 0 Å². The summed E-state index contributed by atoms with van der Waals surface area (Å²) in [7, 11) is 0. The summed E-state index contributed by atoms with van der Waals surface area (Å²) in [5.41, 5.74) is 5.56. The summed E-state index contributed by atoms with van der Waals surface area (Å²) in [6, 6.07) is -5.12. The molecule has 3 amide bonds. The molecule has 194 valence electrons. The third kappa shape index (κ3) is 11.6. The van der Waals surface area contributed by atoms with Crippen molar-refractivity contribution in [1.82, 2.24) is 16.0 Å². The molecule has 0 aliphatic carbocycles. The van der Waals surface area contributed by atoms with Gasteiger partial charge in [-0.05, 0) is 24.7 Å². The molecule has 0 aliphatic rings. The standard InChI is InChI=1S/C21H36N4O9/c1-5-11(4)17(20(32)23-13(21(33)34)6-7-15(26)27)25-19(31)14(8-10(2)3)24-18(30)12(22)9-16(28)29/h10-14,17H,5-9,22H2,1-4H3,(H,23,32)(H,24,30)(H,25,31)(H,26,27)(H,28,29)(H,33,34). The molecule has 8 N–H and O–H groups in total. The van der Waals surface area contributed by atoms with Gasteiger partial charge in [-0.15, -0.1) is 0 Å². The number of carboxylic acid groups (broad SMARTS) is 3. The second kappa shape index (κ2) is 14.8. The maximum atomic E-state index is 13.0. The number of nitrogens with one attached hydrogen (secondary N) is 3. The highest BCUT2D eigenvalue weighted by molar-refractivity contribution is 5.94. The highest BCUT2D eigenvalue weighted by Gasteiger charge is 2.33. The van der Waals surface area contributed by atoms with Gasteiger partial charge in [0.05, 0.1) is 12.5 Å². The molecule has 0 rings (SSSR count). The van der Waals surface area contributed by atoms with Gasteiger partial charge in [0.1, 0.15) is 18.1 Å². The molecular formula is C21H36N4O9. The summed E-state index contributed by atoms with van der Waals surface area (Å²) in [6.07, 6.45) is -0.840. The van der Waals surface area contributed by atoms with E-state index in [0.29, 0.717) is 6.42 Å². The molecule has 0 aromatic rings. The van der Waals surface area contributed by atoms with Crippen LogP contribution >= 0.6 is 0 Å². The number of amides is 3. The van der Waals surface area contributed by atoms with Crippen molar-refractivity contribution < 1.29 is 44.1 Å². The molecule has 0 saturated carbocycles. The molecule has 0 bridgehead atoms. The van der Waals surface area contributed by atoms with E-state index < -0.39 is 78.6 Å². The maximum Gasteiger partial charge on any atom is 0.326 e. The van der Waals surface area contributed by atoms with Crippen LogP contribution in [0, 0.1) is 11.8 Å². The second-order valence-electron chi connectivity index (χ2n) is 8.60. The van der Waals surface area contributed by atoms with Crippen molar-refractivity contribution in [2.45, 2.75) is 84.0 Å². The van der Waals surface area contributed by atoms with Crippen LogP contribution in [-0.2, 0) is 28.8 Å². The van der Waals surface area contributed by atoms with Crippen LogP contribution in [0.1, 0.15) is 59.8 Å². The molecular weight excluding hydrogens is 452 g/mol. The number of carboxylic acids is 3. The van der Waals surface area contributed by atoms with E-state index in [1.54, 1.807) is 27.7 Å². The van der Waals surface area contributed by atoms with Crippen LogP contribution in [-0.4, -0.2) is 75.1 Å². The van der Waals surface area contributed by atoms with Crippen molar-refractivity contribution in [2.75, 3.05) is 0 Å². The summed E-state index contributed by atoms with van der Waals surface area (Å²) < 4.78 is 0. The number of rotatable bonds is 16. The lowest BCUT2D eigenvalue weighted by atomic mass is 9.96. The molecule has 0 spiro atoms. The molecule has 5 unspecified atom stereocenters. The molecule has 13 nitrogen and oxygen atoms in total. The van der Waals surface area contributed by atoms with Crippen LogP contribution in [0.2, 0.25) is 0 Å². The normalized spacial score (nSPS) is 15.4. The van der Waals surface area contributed by atoms with E-state index in [1.807, 2.05) is 0 Å². The summed E-state index contributed by atoms with van der Waals surface area (Å²) in [4.78, 5) is 71.1. The fourth-order valence-corrected chi connectivity index (χ4v) is 3.00. The van der Waals surface area contributed by atoms with Gasteiger partial charge in [0.2, 0.25) is 17.7 Å². The van der Waals surface area contributed by atoms with Crippen molar-refractivity contribution >= 4 is 35.6 Å². The highest BCUT2D eigenvalue weighted by atomic mass is 16.4. The number of hydrogen-bond acceptors (Lipinski definition) is 7. The van der Waals surface area contributed by atoms with Gasteiger partial charge in [-0.2, -0.15) is 0 Å². The van der Waals surface area contributed by atoms with Gasteiger partial charge in [0.25, 0.3) is 0 Å². The lowest BCUT2D eigenvalue weighted by Crippen LogP contribution is -2.59. The van der Waals surface area contributed by atoms with Crippen molar-refractivity contribution in [2.24, 2.45) is 17.6 Å². The van der Waals surface area contributed by atoms with Crippen LogP contribution in [0.15, 0.2) is 0 Å². The van der Waals surface area contributed by atoms with E-state index in [1.165, 1.54) is 0 Å². The fourth-order valence-electron chi connectivity index (χ4n) is 3.00. The topological polar surface area (TPSA) is 225 Å². The Morgan fingerprint density at radius 1 is 0.794 bits per heavy atom. The average Bonchev–Trinajstić information content (AvgIpc) is 2.72. The van der Waals surface area contributed by atoms with Crippen molar-refractivity contribution in [3.05, 3.63) is 0 Å². The molecule has 0 heterocycles. The van der Waals surface area contributed by atoms with Gasteiger partial charge in [0, 0.05) is 6.42 Å². The first-order valence-corrected chi connectivity index (χ1v) is 11.0. The van der Waals surface area contributed by atoms with Crippen molar-refractivity contribution in [3.63, 3.8) is 0 Å². The Bertz CT molecular complexity index is 757. The summed E-state index contributed by atoms with van der Waals surface area (Å²) >= 11 is 0. The fraction of sp³-hybridized carbons (Fsp3) is 0.714. The van der Waals surface area contributed by atoms with Crippen LogP contribution < -0.4 is 21.7 Å². The predicted molar refractivity (Wildman–Crippen MR) is 119 cm³/mol. The van der Waals surface area contributed by atoms with Gasteiger partial charge in [0.15, 0.2) is 0 Å². The summed E-state index contributed by atoms with van der Waals surface area (Å²) in [5.74, 6) is -6.77. The van der Waals surface area contributed by atoms with Crippen molar-refractivity contribution in [1.29, 1.82) is 0 Å². The van der Waals surface area contributed by atoms with Crippen LogP contribution in [0.3, 0.4) is 0 Å². The minimum Gasteiger partial charge on any atom is -0.481 e. The zero-order valence-corrected chi connectivity index (χ0v) is 19.9. The highest BCUT2D eigenvalue weighted by Crippen LogP contribution is 2.12. The number of carbonyl (C=O) groups is 6. The van der Waals surface area contributed by atoms with E-state index in [4.69, 9.17) is 15.9 Å². The van der Waals surface area contributed by atoms with E-state index in [9.17, 15) is 33.9 Å². The minimum atomic E-state index is -1.47. The molecule has 0 aromatic carbocycles. The van der Waals surface area contributed by atoms with Gasteiger partial charge in [-0.25, -0.2) is 4.79 Å². The van der Waals surface area contributed by atoms with Crippen LogP contribution in [0.5, 0.6) is 0 Å². The number of carbonyl (C=O) groups excluding carboxylic acids is 3. The van der Waals surface area contributed by atoms with E-state index in [-0.39, 0.29) is 18.8 Å². The summed E-state index contributed by atoms with van der Waals surface area (Å²) in [5, 5.41) is 34.1. The zero-order chi connectivity index (χ0) is 26.6. The maximum absolute atomic E-state index is 13.0. The third-order valence-corrected chi connectivity index (χ3v) is 5.13. The predicted octanol–water partition coefficient (Wildman–Crippen LogP) is -0.716. The van der Waals surface area contributed by atoms with Gasteiger partial charge in [-0.3, -0.25) is 24.0 Å². The Morgan fingerprint density at radius 2 is 1.35 bits per heavy atom. The Balaban J connectivity index is 5.57. The first kappa shape index (κ1) is 30.8. The monoisotopic (exact) mass is 488 g/mol. The number of hydrogen-bond donors (Lipinski definition) is 7. The van der Waals surface area contributed by atoms with Crippen LogP contribution in [0.4, 0.5) is 0 Å². The van der Waals surface area contributed by atoms with E-state index in [0.717, 1.165) is 0 Å². The lowest BCUT2D eigenvalue weighted by molar-refractivity contribution is -0.143. The average molecular weight is 489 g/mol. The SMILES string of the molecule is CCC(C)C(NC(=O)C(CC(C)C)NC(=O)C(N)CC(=O)O)C(=O)NC(CCC(=O)O)C(=O)O. The van der Waals surface area contributed by atoms with E-state index in [2.05, 4.69) is 16.0 Å². The van der Waals surface area contributed by atoms with Gasteiger partial charge < -0.3 is 37.0 Å². The molecule has 0 saturated heterocycles. The molecule has 0 aliphatic heterocycles. The molecule has 0 aromatic heterocycles. The quantitative estimate of drug-likeness (QED) is 0.144. The molecule has 0 fully saturated rings. The summed E-state index contributed by atoms with van der Waals surface area (Å²) in [6.45, 7) is 7.01. The van der Waals surface area contributed by atoms with Crippen LogP contribution in [0.25, 0.3) is 0 Å². The Morgan fingerprint density at radius 3 is 1.79 bits per heavy atom. The van der Waals surface area contributed by atoms with Gasteiger partial charge >= 0.3 is 17.9 Å². The minimum absolute atomic E-state index is 0.0602. The Hall–Kier alpha value is -3.22. The lowest BCUT2D eigenvalue weighted by Gasteiger charge is -2.28. The van der Waals surface area contributed by atoms with Gasteiger partial charge in [-0.1, -0.05) is 34.1 Å². The first-order chi connectivity index (χ1) is 15.7. The Kier molecular flexibility index (Phi) is 13.4. The number of nitrogens with two attached hydrogens (primary N) is 1. The molecule has 34 heavy (non-hydrogen) atoms. The Labute approximate surface area is 197 Å². The smallest absolute Gasteiger partial charge is 0.326 e. The largest absolute Gasteiger partial charge is 0.481 e. The number of aliphatic carboxylic acids is 3. The van der Waals surface area contributed by atoms with Crippen molar-refractivity contribution in [3.8, 4) is 0 Å². The molecule has 13 heteroatoms.